The van der Waals surface area contributed by atoms with Crippen molar-refractivity contribution in [2.45, 2.75) is 63.5 Å². The number of fused-ring (bicyclic) bond motifs is 2. The third kappa shape index (κ3) is 6.30. The van der Waals surface area contributed by atoms with E-state index in [1.54, 1.807) is 0 Å². The molecule has 0 spiro atoms. The number of hydrogen-bond acceptors (Lipinski definition) is 0. The van der Waals surface area contributed by atoms with E-state index in [0.29, 0.717) is 23.7 Å². The second kappa shape index (κ2) is 14.3. The number of allylic oxidation sites excluding steroid dienone is 2. The van der Waals surface area contributed by atoms with Gasteiger partial charge >= 0.3 is 0 Å². The summed E-state index contributed by atoms with van der Waals surface area (Å²) in [6.45, 7) is 9.25. The lowest BCUT2D eigenvalue weighted by Crippen LogP contribution is -2.08. The quantitative estimate of drug-likeness (QED) is 0.127. The molecule has 6 aromatic carbocycles. The first-order valence-electron chi connectivity index (χ1n) is 19.0. The molecule has 0 radical (unpaired) electrons. The van der Waals surface area contributed by atoms with Crippen molar-refractivity contribution in [2.24, 2.45) is 0 Å². The third-order valence-electron chi connectivity index (χ3n) is 11.3. The van der Waals surface area contributed by atoms with Crippen molar-refractivity contribution in [3.8, 4) is 22.3 Å². The lowest BCUT2D eigenvalue weighted by molar-refractivity contribution is 0.869. The van der Waals surface area contributed by atoms with Crippen LogP contribution in [0.5, 0.6) is 0 Å². The van der Waals surface area contributed by atoms with Gasteiger partial charge in [0.15, 0.2) is 0 Å². The highest BCUT2D eigenvalue weighted by molar-refractivity contribution is 6.37. The molecular weight excluding hydrogens is 629 g/mol. The van der Waals surface area contributed by atoms with Crippen molar-refractivity contribution in [1.82, 2.24) is 0 Å². The van der Waals surface area contributed by atoms with E-state index in [0.717, 1.165) is 0 Å². The van der Waals surface area contributed by atoms with Crippen LogP contribution in [0.3, 0.4) is 0 Å². The summed E-state index contributed by atoms with van der Waals surface area (Å²) in [5.74, 6) is 1.79. The van der Waals surface area contributed by atoms with Crippen molar-refractivity contribution in [3.63, 3.8) is 0 Å². The molecule has 51 heavy (non-hydrogen) atoms. The molecule has 2 aliphatic carbocycles. The molecule has 0 saturated heterocycles. The first-order chi connectivity index (χ1) is 25.0. The second-order valence-electron chi connectivity index (χ2n) is 15.1. The minimum absolute atomic E-state index is 0.425. The predicted octanol–water partition coefficient (Wildman–Crippen LogP) is 13.2. The molecule has 0 nitrogen and oxygen atoms in total. The summed E-state index contributed by atoms with van der Waals surface area (Å²) in [5.41, 5.74) is 19.9. The van der Waals surface area contributed by atoms with E-state index in [2.05, 4.69) is 185 Å². The van der Waals surface area contributed by atoms with Crippen LogP contribution in [-0.4, -0.2) is 9.52 Å². The van der Waals surface area contributed by atoms with Crippen LogP contribution in [0.2, 0.25) is 12.1 Å². The molecule has 0 amide bonds. The van der Waals surface area contributed by atoms with Crippen LogP contribution < -0.4 is 0 Å². The summed E-state index contributed by atoms with van der Waals surface area (Å²) >= 11 is 0. The largest absolute Gasteiger partial charge is 0.0622 e. The van der Waals surface area contributed by atoms with Crippen molar-refractivity contribution in [3.05, 3.63) is 190 Å². The van der Waals surface area contributed by atoms with E-state index >= 15 is 0 Å². The molecule has 6 aromatic rings. The SMILES string of the molecule is CC(C)c1ccccc1-c1cccc2c1C=C(c1ccccc1)C2C[SiH2]CC1C(c2ccccc2)=Cc2c(-c3ccccc3C(C)C)cccc21. The molecule has 2 atom stereocenters. The maximum atomic E-state index is 2.54. The Labute approximate surface area is 307 Å². The maximum Gasteiger partial charge on any atom is 0.0219 e. The zero-order valence-corrected chi connectivity index (χ0v) is 31.9. The van der Waals surface area contributed by atoms with E-state index in [4.69, 9.17) is 0 Å². The Kier molecular flexibility index (Phi) is 9.32. The normalized spacial score (nSPS) is 16.5. The summed E-state index contributed by atoms with van der Waals surface area (Å²) < 4.78 is 0. The highest BCUT2D eigenvalue weighted by atomic mass is 28.2. The molecule has 2 aliphatic rings. The van der Waals surface area contributed by atoms with Crippen LogP contribution in [0.1, 0.15) is 95.9 Å². The van der Waals surface area contributed by atoms with Gasteiger partial charge in [-0.2, -0.15) is 0 Å². The standard InChI is InChI=1S/C50H48Si/c1-33(2)37-21-11-13-23-39(37)41-25-15-27-43-47(41)29-45(35-17-7-5-8-18-35)49(43)31-51-32-50-44-28-16-26-42(40-24-14-12-22-38(40)34(3)4)48(44)30-46(50)36-19-9-6-10-20-36/h5-30,33-34,49-50H,31-32,51H2,1-4H3. The lowest BCUT2D eigenvalue weighted by Gasteiger charge is -2.22. The van der Waals surface area contributed by atoms with Crippen LogP contribution in [-0.2, 0) is 0 Å². The van der Waals surface area contributed by atoms with Crippen molar-refractivity contribution < 1.29 is 0 Å². The average molecular weight is 677 g/mol. The van der Waals surface area contributed by atoms with Crippen LogP contribution in [0.25, 0.3) is 45.6 Å². The predicted molar refractivity (Wildman–Crippen MR) is 224 cm³/mol. The molecule has 252 valence electrons. The molecule has 0 fully saturated rings. The summed E-state index contributed by atoms with van der Waals surface area (Å²) in [6, 6.07) is 57.0. The van der Waals surface area contributed by atoms with Gasteiger partial charge in [-0.05, 0) is 102 Å². The van der Waals surface area contributed by atoms with Crippen LogP contribution in [0.4, 0.5) is 0 Å². The molecule has 0 bridgehead atoms. The second-order valence-corrected chi connectivity index (χ2v) is 16.9. The van der Waals surface area contributed by atoms with E-state index < -0.39 is 9.52 Å². The molecular formula is C50H48Si. The van der Waals surface area contributed by atoms with Gasteiger partial charge in [-0.3, -0.25) is 0 Å². The Balaban J connectivity index is 1.15. The van der Waals surface area contributed by atoms with Gasteiger partial charge in [0.2, 0.25) is 0 Å². The number of benzene rings is 6. The van der Waals surface area contributed by atoms with E-state index in [9.17, 15) is 0 Å². The number of rotatable bonds is 10. The van der Waals surface area contributed by atoms with Crippen molar-refractivity contribution in [2.75, 3.05) is 0 Å². The van der Waals surface area contributed by atoms with Gasteiger partial charge in [0.25, 0.3) is 0 Å². The van der Waals surface area contributed by atoms with Crippen LogP contribution in [0.15, 0.2) is 146 Å². The number of hydrogen-bond donors (Lipinski definition) is 0. The lowest BCUT2D eigenvalue weighted by atomic mass is 9.88. The molecule has 2 unspecified atom stereocenters. The van der Waals surface area contributed by atoms with Gasteiger partial charge in [-0.15, -0.1) is 0 Å². The zero-order valence-electron chi connectivity index (χ0n) is 30.4. The average Bonchev–Trinajstić information content (AvgIpc) is 3.74. The molecule has 0 aromatic heterocycles. The Hall–Kier alpha value is -4.98. The van der Waals surface area contributed by atoms with Crippen LogP contribution in [0, 0.1) is 0 Å². The fourth-order valence-corrected chi connectivity index (χ4v) is 11.2. The summed E-state index contributed by atoms with van der Waals surface area (Å²) in [7, 11) is -0.473. The van der Waals surface area contributed by atoms with E-state index in [1.165, 1.54) is 90.0 Å². The first-order valence-corrected chi connectivity index (χ1v) is 21.0. The Bertz CT molecular complexity index is 2070. The molecule has 0 N–H and O–H groups in total. The smallest absolute Gasteiger partial charge is 0.0219 e. The summed E-state index contributed by atoms with van der Waals surface area (Å²) in [5, 5.41) is 0. The topological polar surface area (TPSA) is 0 Å². The van der Waals surface area contributed by atoms with Gasteiger partial charge in [0.05, 0.1) is 0 Å². The molecule has 8 rings (SSSR count). The Morgan fingerprint density at radius 3 is 1.20 bits per heavy atom. The minimum atomic E-state index is -0.473. The monoisotopic (exact) mass is 676 g/mol. The maximum absolute atomic E-state index is 2.54. The molecule has 1 heteroatoms. The summed E-state index contributed by atoms with van der Waals surface area (Å²) in [4.78, 5) is 0. The van der Waals surface area contributed by atoms with Gasteiger partial charge in [0, 0.05) is 21.4 Å². The van der Waals surface area contributed by atoms with Gasteiger partial charge in [-0.1, -0.05) is 185 Å². The van der Waals surface area contributed by atoms with Gasteiger partial charge < -0.3 is 0 Å². The van der Waals surface area contributed by atoms with Gasteiger partial charge in [0.1, 0.15) is 0 Å². The van der Waals surface area contributed by atoms with Crippen molar-refractivity contribution in [1.29, 1.82) is 0 Å². The minimum Gasteiger partial charge on any atom is -0.0622 e. The van der Waals surface area contributed by atoms with E-state index in [-0.39, 0.29) is 0 Å². The third-order valence-corrected chi connectivity index (χ3v) is 13.3. The highest BCUT2D eigenvalue weighted by Crippen LogP contribution is 2.51. The molecule has 0 saturated carbocycles. The van der Waals surface area contributed by atoms with Gasteiger partial charge in [-0.25, -0.2) is 0 Å². The fourth-order valence-electron chi connectivity index (χ4n) is 8.88. The highest BCUT2D eigenvalue weighted by Gasteiger charge is 2.32. The first kappa shape index (κ1) is 33.2. The Morgan fingerprint density at radius 2 is 0.784 bits per heavy atom. The Morgan fingerprint density at radius 1 is 0.412 bits per heavy atom. The molecule has 0 aliphatic heterocycles. The summed E-state index contributed by atoms with van der Waals surface area (Å²) in [6.07, 6.45) is 5.07. The van der Waals surface area contributed by atoms with Crippen molar-refractivity contribution >= 4 is 32.8 Å². The molecule has 0 heterocycles. The van der Waals surface area contributed by atoms with Crippen LogP contribution >= 0.6 is 0 Å². The zero-order chi connectivity index (χ0) is 34.9. The van der Waals surface area contributed by atoms with E-state index in [1.807, 2.05) is 0 Å². The fraction of sp³-hybridized carbons (Fsp3) is 0.200.